The van der Waals surface area contributed by atoms with Gasteiger partial charge in [0.1, 0.15) is 5.60 Å². The van der Waals surface area contributed by atoms with Crippen LogP contribution in [0.1, 0.15) is 50.8 Å². The number of hydrogen-bond donors (Lipinski definition) is 1. The Balaban J connectivity index is 1.51. The fourth-order valence-corrected chi connectivity index (χ4v) is 5.36. The number of hydrogen-bond acceptors (Lipinski definition) is 6. The number of amides is 1. The molecule has 0 radical (unpaired) electrons. The molecule has 7 nitrogen and oxygen atoms in total. The third-order valence-corrected chi connectivity index (χ3v) is 7.60. The van der Waals surface area contributed by atoms with Gasteiger partial charge in [-0.15, -0.1) is 0 Å². The first kappa shape index (κ1) is 25.9. The zero-order valence-corrected chi connectivity index (χ0v) is 21.8. The first-order valence-electron chi connectivity index (χ1n) is 11.9. The third kappa shape index (κ3) is 5.60. The largest absolute Gasteiger partial charge is 0.438 e. The zero-order chi connectivity index (χ0) is 26.1. The summed E-state index contributed by atoms with van der Waals surface area (Å²) >= 11 is 0. The molecule has 1 saturated heterocycles. The van der Waals surface area contributed by atoms with E-state index in [0.717, 1.165) is 28.5 Å². The van der Waals surface area contributed by atoms with E-state index in [1.54, 1.807) is 31.0 Å². The van der Waals surface area contributed by atoms with Gasteiger partial charge in [-0.3, -0.25) is 0 Å². The first-order valence-corrected chi connectivity index (χ1v) is 13.8. The molecule has 1 N–H and O–H groups in total. The van der Waals surface area contributed by atoms with Gasteiger partial charge >= 0.3 is 6.09 Å². The topological polar surface area (TPSA) is 96.8 Å². The zero-order valence-electron chi connectivity index (χ0n) is 21.0. The van der Waals surface area contributed by atoms with Crippen molar-refractivity contribution in [3.63, 3.8) is 0 Å². The number of rotatable bonds is 7. The summed E-state index contributed by atoms with van der Waals surface area (Å²) in [5.74, 6) is 0. The van der Waals surface area contributed by atoms with Crippen molar-refractivity contribution in [1.29, 1.82) is 0 Å². The Labute approximate surface area is 212 Å². The molecule has 1 fully saturated rings. The van der Waals surface area contributed by atoms with Gasteiger partial charge in [0.05, 0.1) is 11.6 Å². The van der Waals surface area contributed by atoms with E-state index in [0.29, 0.717) is 19.4 Å². The van der Waals surface area contributed by atoms with Gasteiger partial charge < -0.3 is 14.7 Å². The number of sulfone groups is 1. The summed E-state index contributed by atoms with van der Waals surface area (Å²) in [4.78, 5) is 19.0. The van der Waals surface area contributed by atoms with Crippen LogP contribution in [0.15, 0.2) is 78.0 Å². The smallest absolute Gasteiger partial charge is 0.411 e. The molecule has 0 bridgehead atoms. The van der Waals surface area contributed by atoms with Crippen molar-refractivity contribution in [2.75, 3.05) is 12.8 Å². The summed E-state index contributed by atoms with van der Waals surface area (Å²) in [5.41, 5.74) is 1.64. The molecule has 0 saturated carbocycles. The maximum absolute atomic E-state index is 13.2. The molecule has 2 aromatic carbocycles. The second kappa shape index (κ2) is 9.67. The van der Waals surface area contributed by atoms with E-state index in [1.165, 1.54) is 6.07 Å². The van der Waals surface area contributed by atoms with Gasteiger partial charge in [0, 0.05) is 37.4 Å². The predicted molar refractivity (Wildman–Crippen MR) is 138 cm³/mol. The number of aromatic nitrogens is 1. The fourth-order valence-electron chi connectivity index (χ4n) is 4.80. The molecule has 1 aliphatic rings. The highest BCUT2D eigenvalue weighted by Gasteiger charge is 2.46. The van der Waals surface area contributed by atoms with Gasteiger partial charge in [-0.1, -0.05) is 54.6 Å². The summed E-state index contributed by atoms with van der Waals surface area (Å²) in [5, 5.41) is 10.6. The van der Waals surface area contributed by atoms with E-state index >= 15 is 0 Å². The lowest BCUT2D eigenvalue weighted by molar-refractivity contribution is -0.101. The number of aliphatic hydroxyl groups is 1. The molecule has 1 aliphatic heterocycles. The van der Waals surface area contributed by atoms with Gasteiger partial charge in [-0.05, 0) is 49.6 Å². The molecule has 4 rings (SSSR count). The fraction of sp³-hybridized carbons (Fsp3) is 0.357. The molecular formula is C28H32N2O5S. The Morgan fingerprint density at radius 1 is 1.06 bits per heavy atom. The molecular weight excluding hydrogens is 476 g/mol. The van der Waals surface area contributed by atoms with E-state index in [1.807, 2.05) is 61.5 Å². The lowest BCUT2D eigenvalue weighted by Crippen LogP contribution is -2.51. The Kier molecular flexibility index (Phi) is 6.94. The molecule has 0 spiro atoms. The van der Waals surface area contributed by atoms with Crippen LogP contribution in [0.5, 0.6) is 0 Å². The number of carbonyl (C=O) groups is 1. The summed E-state index contributed by atoms with van der Waals surface area (Å²) in [6, 6.07) is 20.4. The number of pyridine rings is 1. The molecule has 190 valence electrons. The lowest BCUT2D eigenvalue weighted by Gasteiger charge is -2.45. The lowest BCUT2D eigenvalue weighted by atomic mass is 9.80. The molecule has 3 aromatic rings. The third-order valence-electron chi connectivity index (χ3n) is 6.60. The summed E-state index contributed by atoms with van der Waals surface area (Å²) in [6.07, 6.45) is 3.13. The minimum Gasteiger partial charge on any atom is -0.438 e. The van der Waals surface area contributed by atoms with Crippen molar-refractivity contribution in [3.8, 4) is 11.1 Å². The van der Waals surface area contributed by atoms with E-state index < -0.39 is 27.1 Å². The Morgan fingerprint density at radius 2 is 1.69 bits per heavy atom. The van der Waals surface area contributed by atoms with E-state index in [2.05, 4.69) is 4.98 Å². The number of carbonyl (C=O) groups excluding carboxylic acids is 1. The van der Waals surface area contributed by atoms with Gasteiger partial charge in [0.15, 0.2) is 14.9 Å². The van der Waals surface area contributed by atoms with Crippen molar-refractivity contribution in [2.24, 2.45) is 0 Å². The minimum atomic E-state index is -3.35. The summed E-state index contributed by atoms with van der Waals surface area (Å²) < 4.78 is 29.4. The van der Waals surface area contributed by atoms with Crippen LogP contribution in [-0.4, -0.2) is 47.9 Å². The Hall–Kier alpha value is -3.23. The van der Waals surface area contributed by atoms with E-state index in [4.69, 9.17) is 4.74 Å². The van der Waals surface area contributed by atoms with Crippen LogP contribution < -0.4 is 0 Å². The minimum absolute atomic E-state index is 0.0382. The Bertz CT molecular complexity index is 1320. The number of nitrogens with zero attached hydrogens (tertiary/aromatic N) is 2. The first-order chi connectivity index (χ1) is 16.9. The van der Waals surface area contributed by atoms with Crippen LogP contribution in [0.3, 0.4) is 0 Å². The van der Waals surface area contributed by atoms with Crippen LogP contribution in [0.2, 0.25) is 0 Å². The summed E-state index contributed by atoms with van der Waals surface area (Å²) in [6.45, 7) is 5.91. The number of cyclic esters (lactones) is 1. The van der Waals surface area contributed by atoms with Crippen molar-refractivity contribution >= 4 is 15.9 Å². The maximum atomic E-state index is 13.2. The van der Waals surface area contributed by atoms with Crippen LogP contribution >= 0.6 is 0 Å². The second-order valence-corrected chi connectivity index (χ2v) is 12.1. The standard InChI is InChI=1S/C28H32N2O5S/c1-20(21-10-12-22(13-11-21)23-14-15-25(29-18-23)36(4,33)34)30-17-16-28(35-26(30)31,19-27(2,3)32)24-8-6-5-7-9-24/h5-15,18,20,32H,16-17,19H2,1-4H3/t20?,28-/m0/s1. The average Bonchev–Trinajstić information content (AvgIpc) is 2.83. The van der Waals surface area contributed by atoms with Crippen molar-refractivity contribution in [2.45, 2.75) is 55.9 Å². The van der Waals surface area contributed by atoms with Gasteiger partial charge in [-0.25, -0.2) is 18.2 Å². The number of benzene rings is 2. The molecule has 2 atom stereocenters. The van der Waals surface area contributed by atoms with Crippen LogP contribution in [0.25, 0.3) is 11.1 Å². The Morgan fingerprint density at radius 3 is 2.22 bits per heavy atom. The normalized spacial score (nSPS) is 19.6. The van der Waals surface area contributed by atoms with E-state index in [9.17, 15) is 18.3 Å². The highest BCUT2D eigenvalue weighted by molar-refractivity contribution is 7.90. The maximum Gasteiger partial charge on any atom is 0.411 e. The molecule has 2 heterocycles. The highest BCUT2D eigenvalue weighted by Crippen LogP contribution is 2.42. The predicted octanol–water partition coefficient (Wildman–Crippen LogP) is 5.11. The summed E-state index contributed by atoms with van der Waals surface area (Å²) in [7, 11) is -3.35. The number of ether oxygens (including phenoxy) is 1. The van der Waals surface area contributed by atoms with Crippen LogP contribution in [-0.2, 0) is 20.2 Å². The monoisotopic (exact) mass is 508 g/mol. The quantitative estimate of drug-likeness (QED) is 0.476. The van der Waals surface area contributed by atoms with Crippen molar-refractivity contribution in [1.82, 2.24) is 9.88 Å². The molecule has 0 aliphatic carbocycles. The van der Waals surface area contributed by atoms with Gasteiger partial charge in [-0.2, -0.15) is 0 Å². The van der Waals surface area contributed by atoms with Crippen molar-refractivity contribution in [3.05, 3.63) is 84.1 Å². The van der Waals surface area contributed by atoms with Crippen molar-refractivity contribution < 1.29 is 23.1 Å². The SMILES string of the molecule is CC(c1ccc(-c2ccc(S(C)(=O)=O)nc2)cc1)N1CC[C@](CC(C)(C)O)(c2ccccc2)OC1=O. The van der Waals surface area contributed by atoms with Crippen LogP contribution in [0.4, 0.5) is 4.79 Å². The van der Waals surface area contributed by atoms with E-state index in [-0.39, 0.29) is 11.1 Å². The molecule has 8 heteroatoms. The molecule has 1 unspecified atom stereocenters. The molecule has 36 heavy (non-hydrogen) atoms. The average molecular weight is 509 g/mol. The molecule has 1 aromatic heterocycles. The highest BCUT2D eigenvalue weighted by atomic mass is 32.2. The second-order valence-electron chi connectivity index (χ2n) is 10.1. The molecule has 1 amide bonds. The van der Waals surface area contributed by atoms with Crippen LogP contribution in [0, 0.1) is 0 Å². The van der Waals surface area contributed by atoms with Gasteiger partial charge in [0.2, 0.25) is 0 Å². The van der Waals surface area contributed by atoms with Gasteiger partial charge in [0.25, 0.3) is 0 Å².